The average molecular weight is 326 g/mol. The van der Waals surface area contributed by atoms with Gasteiger partial charge in [0.05, 0.1) is 0 Å². The predicted octanol–water partition coefficient (Wildman–Crippen LogP) is 1.02. The summed E-state index contributed by atoms with van der Waals surface area (Å²) in [7, 11) is 1.85. The maximum absolute atomic E-state index is 12.4. The number of hydrogen-bond donors (Lipinski definition) is 1. The molecule has 2 aliphatic rings. The molecule has 2 aromatic heterocycles. The Labute approximate surface area is 141 Å². The van der Waals surface area contributed by atoms with Gasteiger partial charge in [0, 0.05) is 43.1 Å². The molecule has 1 saturated heterocycles. The molecule has 1 N–H and O–H groups in total. The zero-order valence-corrected chi connectivity index (χ0v) is 14.1. The lowest BCUT2D eigenvalue weighted by Crippen LogP contribution is -2.37. The first kappa shape index (κ1) is 15.1. The van der Waals surface area contributed by atoms with Crippen LogP contribution in [0, 0.1) is 6.92 Å². The highest BCUT2D eigenvalue weighted by Crippen LogP contribution is 2.29. The van der Waals surface area contributed by atoms with E-state index in [0.29, 0.717) is 5.69 Å². The van der Waals surface area contributed by atoms with Crippen molar-refractivity contribution in [1.82, 2.24) is 25.1 Å². The molecule has 4 rings (SSSR count). The smallest absolute Gasteiger partial charge is 0.272 e. The van der Waals surface area contributed by atoms with Gasteiger partial charge in [0.25, 0.3) is 5.91 Å². The van der Waals surface area contributed by atoms with Crippen LogP contribution in [0.5, 0.6) is 0 Å². The molecule has 24 heavy (non-hydrogen) atoms. The van der Waals surface area contributed by atoms with Gasteiger partial charge in [-0.25, -0.2) is 9.97 Å². The molecule has 1 aliphatic heterocycles. The Balaban J connectivity index is 1.44. The normalized spacial score (nSPS) is 19.6. The molecule has 126 valence electrons. The van der Waals surface area contributed by atoms with Crippen molar-refractivity contribution in [2.45, 2.75) is 38.6 Å². The molecule has 1 atom stereocenters. The Morgan fingerprint density at radius 1 is 1.33 bits per heavy atom. The van der Waals surface area contributed by atoms with E-state index in [4.69, 9.17) is 0 Å². The number of carbonyl (C=O) groups excluding carboxylic acids is 1. The van der Waals surface area contributed by atoms with Crippen molar-refractivity contribution in [2.24, 2.45) is 7.05 Å². The van der Waals surface area contributed by atoms with Gasteiger partial charge >= 0.3 is 0 Å². The van der Waals surface area contributed by atoms with E-state index in [2.05, 4.69) is 25.3 Å². The summed E-state index contributed by atoms with van der Waals surface area (Å²) in [6.07, 6.45) is 5.87. The Bertz CT molecular complexity index is 764. The standard InChI is InChI=1S/C17H22N6O/c1-11-8-15(21-22(11)2)17(24)20-12-6-7-23(9-12)16-13-4-3-5-14(13)18-10-19-16/h8,10,12H,3-7,9H2,1-2H3,(H,20,24)/t12-/m0/s1. The number of nitrogens with one attached hydrogen (secondary N) is 1. The summed E-state index contributed by atoms with van der Waals surface area (Å²) in [5, 5.41) is 7.35. The lowest BCUT2D eigenvalue weighted by atomic mass is 10.2. The van der Waals surface area contributed by atoms with Crippen LogP contribution in [-0.4, -0.2) is 44.8 Å². The number of amides is 1. The van der Waals surface area contributed by atoms with E-state index in [1.54, 1.807) is 11.0 Å². The maximum atomic E-state index is 12.4. The van der Waals surface area contributed by atoms with Crippen LogP contribution in [0.15, 0.2) is 12.4 Å². The van der Waals surface area contributed by atoms with Crippen LogP contribution in [0.25, 0.3) is 0 Å². The van der Waals surface area contributed by atoms with Crippen molar-refractivity contribution in [2.75, 3.05) is 18.0 Å². The highest BCUT2D eigenvalue weighted by atomic mass is 16.2. The monoisotopic (exact) mass is 326 g/mol. The molecule has 0 radical (unpaired) electrons. The molecular formula is C17H22N6O. The van der Waals surface area contributed by atoms with Crippen LogP contribution in [-0.2, 0) is 19.9 Å². The molecule has 0 spiro atoms. The molecule has 1 amide bonds. The third-order valence-electron chi connectivity index (χ3n) is 5.02. The summed E-state index contributed by atoms with van der Waals surface area (Å²) in [6, 6.07) is 1.95. The van der Waals surface area contributed by atoms with Crippen LogP contribution in [0.2, 0.25) is 0 Å². The Kier molecular flexibility index (Phi) is 3.70. The van der Waals surface area contributed by atoms with Gasteiger partial charge in [-0.1, -0.05) is 0 Å². The van der Waals surface area contributed by atoms with Crippen molar-refractivity contribution in [3.05, 3.63) is 35.0 Å². The van der Waals surface area contributed by atoms with E-state index >= 15 is 0 Å². The fourth-order valence-electron chi connectivity index (χ4n) is 3.62. The van der Waals surface area contributed by atoms with Crippen molar-refractivity contribution in [1.29, 1.82) is 0 Å². The van der Waals surface area contributed by atoms with E-state index in [1.165, 1.54) is 11.3 Å². The first-order chi connectivity index (χ1) is 11.6. The van der Waals surface area contributed by atoms with Gasteiger partial charge in [0.2, 0.25) is 0 Å². The van der Waals surface area contributed by atoms with E-state index < -0.39 is 0 Å². The average Bonchev–Trinajstić information content (AvgIpc) is 3.28. The number of anilines is 1. The predicted molar refractivity (Wildman–Crippen MR) is 90.1 cm³/mol. The van der Waals surface area contributed by atoms with Crippen LogP contribution in [0.3, 0.4) is 0 Å². The number of carbonyl (C=O) groups is 1. The Morgan fingerprint density at radius 2 is 2.21 bits per heavy atom. The molecule has 3 heterocycles. The molecule has 0 saturated carbocycles. The van der Waals surface area contributed by atoms with Crippen molar-refractivity contribution in [3.63, 3.8) is 0 Å². The second kappa shape index (κ2) is 5.89. The largest absolute Gasteiger partial charge is 0.354 e. The van der Waals surface area contributed by atoms with Gasteiger partial charge in [-0.05, 0) is 38.7 Å². The molecule has 7 nitrogen and oxygen atoms in total. The van der Waals surface area contributed by atoms with Gasteiger partial charge < -0.3 is 10.2 Å². The van der Waals surface area contributed by atoms with Crippen molar-refractivity contribution < 1.29 is 4.79 Å². The molecule has 1 fully saturated rings. The molecule has 2 aromatic rings. The summed E-state index contributed by atoms with van der Waals surface area (Å²) in [5.74, 6) is 0.960. The van der Waals surface area contributed by atoms with Gasteiger partial charge in [-0.15, -0.1) is 0 Å². The minimum atomic E-state index is -0.0986. The first-order valence-corrected chi connectivity index (χ1v) is 8.51. The minimum Gasteiger partial charge on any atom is -0.354 e. The van der Waals surface area contributed by atoms with Gasteiger partial charge in [0.1, 0.15) is 17.8 Å². The molecule has 0 bridgehead atoms. The van der Waals surface area contributed by atoms with E-state index in [0.717, 1.165) is 50.3 Å². The van der Waals surface area contributed by atoms with Crippen LogP contribution >= 0.6 is 0 Å². The number of aryl methyl sites for hydroxylation is 3. The molecule has 7 heteroatoms. The fraction of sp³-hybridized carbons (Fsp3) is 0.529. The second-order valence-electron chi connectivity index (χ2n) is 6.68. The van der Waals surface area contributed by atoms with Crippen LogP contribution in [0.4, 0.5) is 5.82 Å². The lowest BCUT2D eigenvalue weighted by Gasteiger charge is -2.20. The molecule has 1 aliphatic carbocycles. The Morgan fingerprint density at radius 3 is 3.00 bits per heavy atom. The number of aromatic nitrogens is 4. The third kappa shape index (κ3) is 2.64. The summed E-state index contributed by atoms with van der Waals surface area (Å²) in [5.41, 5.74) is 3.95. The topological polar surface area (TPSA) is 75.9 Å². The number of fused-ring (bicyclic) bond motifs is 1. The van der Waals surface area contributed by atoms with Crippen molar-refractivity contribution >= 4 is 11.7 Å². The Hall–Kier alpha value is -2.44. The first-order valence-electron chi connectivity index (χ1n) is 8.51. The van der Waals surface area contributed by atoms with E-state index in [1.807, 2.05) is 20.0 Å². The fourth-order valence-corrected chi connectivity index (χ4v) is 3.62. The highest BCUT2D eigenvalue weighted by molar-refractivity contribution is 5.92. The number of hydrogen-bond acceptors (Lipinski definition) is 5. The van der Waals surface area contributed by atoms with Gasteiger partial charge in [0.15, 0.2) is 0 Å². The lowest BCUT2D eigenvalue weighted by molar-refractivity contribution is 0.0934. The maximum Gasteiger partial charge on any atom is 0.272 e. The highest BCUT2D eigenvalue weighted by Gasteiger charge is 2.29. The number of rotatable bonds is 3. The van der Waals surface area contributed by atoms with Crippen molar-refractivity contribution in [3.8, 4) is 0 Å². The van der Waals surface area contributed by atoms with Crippen LogP contribution in [0.1, 0.15) is 40.3 Å². The van der Waals surface area contributed by atoms with E-state index in [9.17, 15) is 4.79 Å². The quantitative estimate of drug-likeness (QED) is 0.911. The van der Waals surface area contributed by atoms with Gasteiger partial charge in [-0.2, -0.15) is 5.10 Å². The van der Waals surface area contributed by atoms with Crippen LogP contribution < -0.4 is 10.2 Å². The van der Waals surface area contributed by atoms with Gasteiger partial charge in [-0.3, -0.25) is 9.48 Å². The SMILES string of the molecule is Cc1cc(C(=O)N[C@H]2CCN(c3ncnc4c3CCC4)C2)nn1C. The minimum absolute atomic E-state index is 0.0986. The summed E-state index contributed by atoms with van der Waals surface area (Å²) in [4.78, 5) is 23.5. The van der Waals surface area contributed by atoms with E-state index in [-0.39, 0.29) is 11.9 Å². The summed E-state index contributed by atoms with van der Waals surface area (Å²) in [6.45, 7) is 3.65. The molecule has 0 unspecified atom stereocenters. The molecular weight excluding hydrogens is 304 g/mol. The zero-order chi connectivity index (χ0) is 16.7. The number of nitrogens with zero attached hydrogens (tertiary/aromatic N) is 5. The zero-order valence-electron chi connectivity index (χ0n) is 14.1. The summed E-state index contributed by atoms with van der Waals surface area (Å²) < 4.78 is 1.72. The molecule has 0 aromatic carbocycles. The second-order valence-corrected chi connectivity index (χ2v) is 6.68. The third-order valence-corrected chi connectivity index (χ3v) is 5.02. The summed E-state index contributed by atoms with van der Waals surface area (Å²) >= 11 is 0.